The minimum absolute atomic E-state index is 0.0332. The summed E-state index contributed by atoms with van der Waals surface area (Å²) in [5.74, 6) is 0.00982. The van der Waals surface area contributed by atoms with Gasteiger partial charge in [0.05, 0.1) is 5.56 Å². The molecule has 128 valence electrons. The Balaban J connectivity index is 1.63. The molecule has 4 heteroatoms. The Labute approximate surface area is 147 Å². The number of ether oxygens (including phenoxy) is 1. The monoisotopic (exact) mass is 335 g/mol. The summed E-state index contributed by atoms with van der Waals surface area (Å²) in [6, 6.07) is 14.2. The predicted octanol–water partition coefficient (Wildman–Crippen LogP) is 3.91. The molecule has 0 saturated carbocycles. The van der Waals surface area contributed by atoms with Crippen LogP contribution in [0.25, 0.3) is 0 Å². The summed E-state index contributed by atoms with van der Waals surface area (Å²) in [7, 11) is 0. The fourth-order valence-corrected chi connectivity index (χ4v) is 4.09. The zero-order valence-electron chi connectivity index (χ0n) is 14.2. The van der Waals surface area contributed by atoms with Gasteiger partial charge in [0, 0.05) is 25.4 Å². The maximum absolute atomic E-state index is 12.5. The third-order valence-corrected chi connectivity index (χ3v) is 5.13. The molecule has 25 heavy (non-hydrogen) atoms. The molecule has 0 heterocycles. The highest BCUT2D eigenvalue weighted by Gasteiger charge is 2.34. The third kappa shape index (κ3) is 2.98. The molecule has 0 aliphatic heterocycles. The van der Waals surface area contributed by atoms with Crippen LogP contribution in [0.3, 0.4) is 0 Å². The van der Waals surface area contributed by atoms with Crippen molar-refractivity contribution in [2.45, 2.75) is 44.7 Å². The van der Waals surface area contributed by atoms with Crippen LogP contribution >= 0.6 is 0 Å². The van der Waals surface area contributed by atoms with E-state index >= 15 is 0 Å². The van der Waals surface area contributed by atoms with Gasteiger partial charge in [0.2, 0.25) is 0 Å². The van der Waals surface area contributed by atoms with E-state index < -0.39 is 5.97 Å². The number of ketones is 1. The van der Waals surface area contributed by atoms with E-state index in [4.69, 9.17) is 4.74 Å². The Hall–Kier alpha value is -2.46. The van der Waals surface area contributed by atoms with Crippen LogP contribution in [0, 0.1) is 0 Å². The SMILES string of the molecule is CC(=O)Oc1cccc2c1C(=O)CC2NC1CCCc2ccccc21. The van der Waals surface area contributed by atoms with E-state index in [0.717, 1.165) is 24.8 Å². The van der Waals surface area contributed by atoms with Gasteiger partial charge in [0.1, 0.15) is 5.75 Å². The van der Waals surface area contributed by atoms with Crippen molar-refractivity contribution >= 4 is 11.8 Å². The molecule has 2 atom stereocenters. The largest absolute Gasteiger partial charge is 0.426 e. The van der Waals surface area contributed by atoms with Crippen LogP contribution in [-0.4, -0.2) is 11.8 Å². The quantitative estimate of drug-likeness (QED) is 0.682. The Bertz CT molecular complexity index is 843. The molecular formula is C21H21NO3. The van der Waals surface area contributed by atoms with Crippen molar-refractivity contribution in [1.82, 2.24) is 5.32 Å². The van der Waals surface area contributed by atoms with Gasteiger partial charge in [-0.05, 0) is 42.0 Å². The molecule has 0 radical (unpaired) electrons. The number of carbonyl (C=O) groups is 2. The summed E-state index contributed by atoms with van der Waals surface area (Å²) < 4.78 is 5.23. The Kier molecular flexibility index (Phi) is 4.14. The molecule has 0 bridgehead atoms. The topological polar surface area (TPSA) is 55.4 Å². The molecule has 2 aliphatic rings. The number of aryl methyl sites for hydroxylation is 1. The lowest BCUT2D eigenvalue weighted by Gasteiger charge is -2.29. The van der Waals surface area contributed by atoms with Gasteiger partial charge < -0.3 is 10.1 Å². The first-order chi connectivity index (χ1) is 12.1. The van der Waals surface area contributed by atoms with Gasteiger partial charge in [-0.3, -0.25) is 9.59 Å². The summed E-state index contributed by atoms with van der Waals surface area (Å²) in [5.41, 5.74) is 4.22. The minimum Gasteiger partial charge on any atom is -0.426 e. The van der Waals surface area contributed by atoms with Gasteiger partial charge in [-0.1, -0.05) is 36.4 Å². The van der Waals surface area contributed by atoms with Crippen molar-refractivity contribution in [3.63, 3.8) is 0 Å². The van der Waals surface area contributed by atoms with Crippen LogP contribution in [0.15, 0.2) is 42.5 Å². The van der Waals surface area contributed by atoms with E-state index in [-0.39, 0.29) is 17.9 Å². The first-order valence-corrected chi connectivity index (χ1v) is 8.82. The number of benzene rings is 2. The first-order valence-electron chi connectivity index (χ1n) is 8.82. The number of hydrogen-bond acceptors (Lipinski definition) is 4. The van der Waals surface area contributed by atoms with Gasteiger partial charge >= 0.3 is 5.97 Å². The van der Waals surface area contributed by atoms with Gasteiger partial charge in [-0.25, -0.2) is 0 Å². The molecule has 2 aliphatic carbocycles. The molecule has 4 rings (SSSR count). The summed E-state index contributed by atoms with van der Waals surface area (Å²) in [4.78, 5) is 23.8. The molecule has 2 aromatic rings. The third-order valence-electron chi connectivity index (χ3n) is 5.13. The lowest BCUT2D eigenvalue weighted by molar-refractivity contribution is -0.131. The standard InChI is InChI=1S/C21H21NO3/c1-13(23)25-20-11-5-9-16-18(12-19(24)21(16)20)22-17-10-4-7-14-6-2-3-8-15(14)17/h2-3,5-6,8-9,11,17-18,22H,4,7,10,12H2,1H3. The minimum atomic E-state index is -0.404. The molecular weight excluding hydrogens is 314 g/mol. The predicted molar refractivity (Wildman–Crippen MR) is 94.7 cm³/mol. The lowest BCUT2D eigenvalue weighted by atomic mass is 9.87. The normalized spacial score (nSPS) is 21.6. The Morgan fingerprint density at radius 3 is 2.72 bits per heavy atom. The Morgan fingerprint density at radius 1 is 1.08 bits per heavy atom. The zero-order chi connectivity index (χ0) is 17.4. The second-order valence-electron chi connectivity index (χ2n) is 6.80. The number of Topliss-reactive ketones (excluding diaryl/α,β-unsaturated/α-hetero) is 1. The molecule has 0 saturated heterocycles. The number of nitrogens with one attached hydrogen (secondary N) is 1. The maximum atomic E-state index is 12.5. The summed E-state index contributed by atoms with van der Waals surface area (Å²) in [6.07, 6.45) is 3.74. The van der Waals surface area contributed by atoms with Crippen molar-refractivity contribution in [2.75, 3.05) is 0 Å². The molecule has 1 N–H and O–H groups in total. The smallest absolute Gasteiger partial charge is 0.308 e. The van der Waals surface area contributed by atoms with Crippen LogP contribution in [0.2, 0.25) is 0 Å². The van der Waals surface area contributed by atoms with E-state index in [9.17, 15) is 9.59 Å². The number of fused-ring (bicyclic) bond motifs is 2. The number of hydrogen-bond donors (Lipinski definition) is 1. The molecule has 0 fully saturated rings. The summed E-state index contributed by atoms with van der Waals surface area (Å²) in [6.45, 7) is 1.35. The van der Waals surface area contributed by atoms with Crippen LogP contribution in [-0.2, 0) is 11.2 Å². The average molecular weight is 335 g/mol. The molecule has 0 aromatic heterocycles. The van der Waals surface area contributed by atoms with E-state index in [2.05, 4.69) is 29.6 Å². The van der Waals surface area contributed by atoms with Crippen molar-refractivity contribution < 1.29 is 14.3 Å². The van der Waals surface area contributed by atoms with Gasteiger partial charge in [-0.2, -0.15) is 0 Å². The number of esters is 1. The molecule has 0 spiro atoms. The van der Waals surface area contributed by atoms with E-state index in [1.54, 1.807) is 6.07 Å². The molecule has 0 amide bonds. The average Bonchev–Trinajstić information content (AvgIpc) is 2.92. The lowest BCUT2D eigenvalue weighted by Crippen LogP contribution is -2.28. The van der Waals surface area contributed by atoms with Crippen LogP contribution in [0.5, 0.6) is 5.75 Å². The number of rotatable bonds is 3. The van der Waals surface area contributed by atoms with Crippen molar-refractivity contribution in [2.24, 2.45) is 0 Å². The highest BCUT2D eigenvalue weighted by atomic mass is 16.5. The highest BCUT2D eigenvalue weighted by molar-refractivity contribution is 6.04. The van der Waals surface area contributed by atoms with Crippen LogP contribution in [0.4, 0.5) is 0 Å². The first kappa shape index (κ1) is 16.0. The fraction of sp³-hybridized carbons (Fsp3) is 0.333. The van der Waals surface area contributed by atoms with Crippen molar-refractivity contribution in [1.29, 1.82) is 0 Å². The second-order valence-corrected chi connectivity index (χ2v) is 6.80. The van der Waals surface area contributed by atoms with Gasteiger partial charge in [0.25, 0.3) is 0 Å². The highest BCUT2D eigenvalue weighted by Crippen LogP contribution is 2.40. The van der Waals surface area contributed by atoms with E-state index in [0.29, 0.717) is 17.7 Å². The van der Waals surface area contributed by atoms with Crippen LogP contribution in [0.1, 0.15) is 65.3 Å². The van der Waals surface area contributed by atoms with Gasteiger partial charge in [0.15, 0.2) is 5.78 Å². The van der Waals surface area contributed by atoms with Crippen molar-refractivity contribution in [3.05, 3.63) is 64.7 Å². The summed E-state index contributed by atoms with van der Waals surface area (Å²) >= 11 is 0. The Morgan fingerprint density at radius 2 is 1.88 bits per heavy atom. The molecule has 4 nitrogen and oxygen atoms in total. The van der Waals surface area contributed by atoms with Gasteiger partial charge in [-0.15, -0.1) is 0 Å². The van der Waals surface area contributed by atoms with E-state index in [1.165, 1.54) is 18.1 Å². The maximum Gasteiger partial charge on any atom is 0.308 e. The zero-order valence-corrected chi connectivity index (χ0v) is 14.2. The van der Waals surface area contributed by atoms with Crippen molar-refractivity contribution in [3.8, 4) is 5.75 Å². The number of carbonyl (C=O) groups excluding carboxylic acids is 2. The fourth-order valence-electron chi connectivity index (χ4n) is 4.09. The summed E-state index contributed by atoms with van der Waals surface area (Å²) in [5, 5.41) is 3.68. The van der Waals surface area contributed by atoms with Crippen LogP contribution < -0.4 is 10.1 Å². The second kappa shape index (κ2) is 6.45. The van der Waals surface area contributed by atoms with E-state index in [1.807, 2.05) is 12.1 Å². The molecule has 2 unspecified atom stereocenters. The molecule has 2 aromatic carbocycles.